The Morgan fingerprint density at radius 1 is 0.426 bits per heavy atom. The molecule has 0 spiro atoms. The van der Waals surface area contributed by atoms with Crippen LogP contribution in [0.15, 0.2) is 174 Å². The monoisotopic (exact) mass is 600 g/mol. The molecule has 3 nitrogen and oxygen atoms in total. The largest absolute Gasteiger partial charge is 0.455 e. The molecule has 0 unspecified atom stereocenters. The maximum atomic E-state index is 6.89. The summed E-state index contributed by atoms with van der Waals surface area (Å²) in [6, 6.07) is 60.8. The van der Waals surface area contributed by atoms with Crippen LogP contribution in [-0.4, -0.2) is 4.57 Å². The smallest absolute Gasteiger partial charge is 0.147 e. The molecule has 0 atom stereocenters. The topological polar surface area (TPSA) is 21.3 Å². The van der Waals surface area contributed by atoms with E-state index in [2.05, 4.69) is 179 Å². The molecule has 0 saturated heterocycles. The second-order valence-electron chi connectivity index (χ2n) is 12.2. The van der Waals surface area contributed by atoms with Gasteiger partial charge in [-0.3, -0.25) is 0 Å². The number of nitrogens with zero attached hydrogens (tertiary/aromatic N) is 2. The van der Waals surface area contributed by atoms with E-state index >= 15 is 0 Å². The third-order valence-corrected chi connectivity index (χ3v) is 9.50. The van der Waals surface area contributed by atoms with Crippen LogP contribution in [-0.2, 0) is 0 Å². The Morgan fingerprint density at radius 3 is 1.70 bits per heavy atom. The Labute approximate surface area is 271 Å². The number of benzene rings is 8. The Kier molecular flexibility index (Phi) is 5.57. The van der Waals surface area contributed by atoms with E-state index in [9.17, 15) is 0 Å². The Bertz CT molecular complexity index is 2730. The fraction of sp³-hybridized carbons (Fsp3) is 0. The molecule has 2 heterocycles. The first-order valence-electron chi connectivity index (χ1n) is 16.0. The van der Waals surface area contributed by atoms with Crippen LogP contribution in [0.5, 0.6) is 0 Å². The van der Waals surface area contributed by atoms with Gasteiger partial charge in [-0.15, -0.1) is 0 Å². The van der Waals surface area contributed by atoms with Crippen molar-refractivity contribution in [3.05, 3.63) is 170 Å². The van der Waals surface area contributed by atoms with Gasteiger partial charge >= 0.3 is 0 Å². The Morgan fingerprint density at radius 2 is 1.00 bits per heavy atom. The van der Waals surface area contributed by atoms with E-state index < -0.39 is 0 Å². The summed E-state index contributed by atoms with van der Waals surface area (Å²) in [6.45, 7) is 0. The van der Waals surface area contributed by atoms with E-state index in [1.54, 1.807) is 0 Å². The maximum absolute atomic E-state index is 6.89. The molecule has 0 amide bonds. The lowest BCUT2D eigenvalue weighted by Gasteiger charge is -2.27. The van der Waals surface area contributed by atoms with Gasteiger partial charge in [0, 0.05) is 27.8 Å². The lowest BCUT2D eigenvalue weighted by Crippen LogP contribution is -2.11. The predicted octanol–water partition coefficient (Wildman–Crippen LogP) is 12.5. The molecule has 2 aromatic heterocycles. The van der Waals surface area contributed by atoms with Crippen molar-refractivity contribution >= 4 is 82.4 Å². The first kappa shape index (κ1) is 26.0. The molecule has 0 bridgehead atoms. The number of para-hydroxylation sites is 3. The van der Waals surface area contributed by atoms with E-state index in [0.29, 0.717) is 0 Å². The Hall–Kier alpha value is -6.32. The van der Waals surface area contributed by atoms with Crippen LogP contribution >= 0.6 is 0 Å². The van der Waals surface area contributed by atoms with Crippen LogP contribution in [0.4, 0.5) is 17.1 Å². The van der Waals surface area contributed by atoms with Crippen molar-refractivity contribution < 1.29 is 4.42 Å². The van der Waals surface area contributed by atoms with Crippen LogP contribution in [0, 0.1) is 0 Å². The minimum absolute atomic E-state index is 0.879. The van der Waals surface area contributed by atoms with Gasteiger partial charge in [0.25, 0.3) is 0 Å². The molecular formula is C44H28N2O. The van der Waals surface area contributed by atoms with Gasteiger partial charge in [-0.2, -0.15) is 0 Å². The highest BCUT2D eigenvalue weighted by Crippen LogP contribution is 2.49. The summed E-state index contributed by atoms with van der Waals surface area (Å²) in [4.78, 5) is 2.41. The fourth-order valence-corrected chi connectivity index (χ4v) is 7.40. The van der Waals surface area contributed by atoms with Gasteiger partial charge in [0.2, 0.25) is 0 Å². The number of aromatic nitrogens is 1. The highest BCUT2D eigenvalue weighted by Gasteiger charge is 2.25. The molecule has 0 fully saturated rings. The van der Waals surface area contributed by atoms with Crippen molar-refractivity contribution in [2.75, 3.05) is 4.90 Å². The van der Waals surface area contributed by atoms with Crippen molar-refractivity contribution in [2.45, 2.75) is 0 Å². The Balaban J connectivity index is 1.39. The van der Waals surface area contributed by atoms with E-state index in [0.717, 1.165) is 61.1 Å². The van der Waals surface area contributed by atoms with E-state index in [-0.39, 0.29) is 0 Å². The molecule has 47 heavy (non-hydrogen) atoms. The highest BCUT2D eigenvalue weighted by atomic mass is 16.3. The van der Waals surface area contributed by atoms with Gasteiger partial charge in [0.1, 0.15) is 11.2 Å². The first-order chi connectivity index (χ1) is 23.3. The molecule has 0 aliphatic heterocycles. The summed E-state index contributed by atoms with van der Waals surface area (Å²) in [5, 5.41) is 9.32. The standard InChI is InChI=1S/C44H28N2O/c1-2-16-33(17-3-1)46-38-20-10-8-18-36(38)42-40(46)28-39(43-37-19-9-11-21-41(37)47-44(42)43)45(34-24-22-29-12-4-6-14-31(29)26-34)35-25-23-30-13-5-7-15-32(30)27-35/h1-28H. The quantitative estimate of drug-likeness (QED) is 0.200. The molecule has 0 aliphatic carbocycles. The van der Waals surface area contributed by atoms with Crippen LogP contribution in [0.25, 0.3) is 71.0 Å². The molecular weight excluding hydrogens is 572 g/mol. The van der Waals surface area contributed by atoms with E-state index in [4.69, 9.17) is 4.42 Å². The molecule has 10 rings (SSSR count). The van der Waals surface area contributed by atoms with E-state index in [1.807, 2.05) is 0 Å². The SMILES string of the molecule is c1ccc(-n2c3ccccc3c3c4oc5ccccc5c4c(N(c4ccc5ccccc5c4)c4ccc5ccccc5c4)cc32)cc1. The molecule has 0 aliphatic rings. The summed E-state index contributed by atoms with van der Waals surface area (Å²) >= 11 is 0. The maximum Gasteiger partial charge on any atom is 0.147 e. The van der Waals surface area contributed by atoms with Gasteiger partial charge in [0.15, 0.2) is 0 Å². The third-order valence-electron chi connectivity index (χ3n) is 9.50. The minimum atomic E-state index is 0.879. The fourth-order valence-electron chi connectivity index (χ4n) is 7.40. The summed E-state index contributed by atoms with van der Waals surface area (Å²) in [7, 11) is 0. The number of furan rings is 1. The number of rotatable bonds is 4. The minimum Gasteiger partial charge on any atom is -0.455 e. The summed E-state index contributed by atoms with van der Waals surface area (Å²) in [5.74, 6) is 0. The molecule has 0 radical (unpaired) electrons. The van der Waals surface area contributed by atoms with Gasteiger partial charge in [0.05, 0.1) is 27.5 Å². The highest BCUT2D eigenvalue weighted by molar-refractivity contribution is 6.28. The van der Waals surface area contributed by atoms with Crippen molar-refractivity contribution in [3.8, 4) is 5.69 Å². The van der Waals surface area contributed by atoms with Crippen molar-refractivity contribution in [1.29, 1.82) is 0 Å². The van der Waals surface area contributed by atoms with Gasteiger partial charge < -0.3 is 13.9 Å². The molecule has 0 saturated carbocycles. The van der Waals surface area contributed by atoms with Crippen molar-refractivity contribution in [1.82, 2.24) is 4.57 Å². The van der Waals surface area contributed by atoms with Crippen LogP contribution < -0.4 is 4.90 Å². The molecule has 220 valence electrons. The van der Waals surface area contributed by atoms with E-state index in [1.165, 1.54) is 26.9 Å². The summed E-state index contributed by atoms with van der Waals surface area (Å²) < 4.78 is 9.26. The number of hydrogen-bond acceptors (Lipinski definition) is 2. The normalized spacial score (nSPS) is 11.8. The molecule has 8 aromatic carbocycles. The van der Waals surface area contributed by atoms with Crippen molar-refractivity contribution in [2.24, 2.45) is 0 Å². The number of hydrogen-bond donors (Lipinski definition) is 0. The van der Waals surface area contributed by atoms with Gasteiger partial charge in [-0.1, -0.05) is 115 Å². The second kappa shape index (κ2) is 10.1. The zero-order valence-electron chi connectivity index (χ0n) is 25.5. The van der Waals surface area contributed by atoms with Gasteiger partial charge in [-0.05, 0) is 76.1 Å². The van der Waals surface area contributed by atoms with Crippen LogP contribution in [0.3, 0.4) is 0 Å². The molecule has 0 N–H and O–H groups in total. The van der Waals surface area contributed by atoms with Gasteiger partial charge in [-0.25, -0.2) is 0 Å². The number of fused-ring (bicyclic) bond motifs is 9. The number of anilines is 3. The summed E-state index contributed by atoms with van der Waals surface area (Å²) in [5.41, 5.74) is 8.40. The first-order valence-corrected chi connectivity index (χ1v) is 16.0. The average Bonchev–Trinajstić information content (AvgIpc) is 3.68. The molecule has 10 aromatic rings. The third kappa shape index (κ3) is 3.93. The van der Waals surface area contributed by atoms with Crippen molar-refractivity contribution in [3.63, 3.8) is 0 Å². The molecule has 3 heteroatoms. The average molecular weight is 601 g/mol. The van der Waals surface area contributed by atoms with Crippen LogP contribution in [0.1, 0.15) is 0 Å². The summed E-state index contributed by atoms with van der Waals surface area (Å²) in [6.07, 6.45) is 0. The van der Waals surface area contributed by atoms with Crippen LogP contribution in [0.2, 0.25) is 0 Å². The lowest BCUT2D eigenvalue weighted by molar-refractivity contribution is 0.673. The zero-order chi connectivity index (χ0) is 30.9. The second-order valence-corrected chi connectivity index (χ2v) is 12.2. The lowest BCUT2D eigenvalue weighted by atomic mass is 10.0. The zero-order valence-corrected chi connectivity index (χ0v) is 25.5. The predicted molar refractivity (Wildman–Crippen MR) is 198 cm³/mol.